The lowest BCUT2D eigenvalue weighted by Crippen LogP contribution is -2.15. The molecule has 2 aromatic heterocycles. The average Bonchev–Trinajstić information content (AvgIpc) is 2.86. The first-order chi connectivity index (χ1) is 8.22. The van der Waals surface area contributed by atoms with Crippen LogP contribution in [0.4, 0.5) is 0 Å². The van der Waals surface area contributed by atoms with Gasteiger partial charge in [0.25, 0.3) is 0 Å². The molecule has 0 radical (unpaired) electrons. The molecule has 3 rings (SSSR count). The lowest BCUT2D eigenvalue weighted by atomic mass is 10.0. The molecule has 1 saturated heterocycles. The lowest BCUT2D eigenvalue weighted by Gasteiger charge is -2.07. The van der Waals surface area contributed by atoms with Crippen molar-refractivity contribution in [3.8, 4) is 0 Å². The standard InChI is InChI=1S/C13H16ClN3/c1-16-6-4-10(8-16)7-11-9-17-5-2-3-12(14)13(17)15-11/h2-3,5,9-10H,4,6-8H2,1H3. The summed E-state index contributed by atoms with van der Waals surface area (Å²) in [5.74, 6) is 0.740. The summed E-state index contributed by atoms with van der Waals surface area (Å²) < 4.78 is 2.01. The fraction of sp³-hybridized carbons (Fsp3) is 0.462. The molecule has 1 fully saturated rings. The first-order valence-electron chi connectivity index (χ1n) is 6.03. The minimum atomic E-state index is 0.724. The molecule has 2 aromatic rings. The highest BCUT2D eigenvalue weighted by Crippen LogP contribution is 2.21. The van der Waals surface area contributed by atoms with Gasteiger partial charge in [-0.15, -0.1) is 0 Å². The monoisotopic (exact) mass is 249 g/mol. The summed E-state index contributed by atoms with van der Waals surface area (Å²) in [7, 11) is 2.18. The normalized spacial score (nSPS) is 21.4. The Hall–Kier alpha value is -1.06. The SMILES string of the molecule is CN1CCC(Cc2cn3cccc(Cl)c3n2)C1. The van der Waals surface area contributed by atoms with Crippen molar-refractivity contribution in [1.29, 1.82) is 0 Å². The van der Waals surface area contributed by atoms with E-state index < -0.39 is 0 Å². The summed E-state index contributed by atoms with van der Waals surface area (Å²) in [5, 5.41) is 0.724. The summed E-state index contributed by atoms with van der Waals surface area (Å²) in [6.07, 6.45) is 6.43. The molecule has 90 valence electrons. The predicted octanol–water partition coefficient (Wildman–Crippen LogP) is 2.48. The zero-order valence-corrected chi connectivity index (χ0v) is 10.7. The molecule has 1 aliphatic rings. The van der Waals surface area contributed by atoms with E-state index in [0.717, 1.165) is 28.7 Å². The number of aromatic nitrogens is 2. The maximum absolute atomic E-state index is 6.12. The van der Waals surface area contributed by atoms with Crippen LogP contribution in [0.25, 0.3) is 5.65 Å². The largest absolute Gasteiger partial charge is 0.306 e. The van der Waals surface area contributed by atoms with Crippen molar-refractivity contribution < 1.29 is 0 Å². The number of imidazole rings is 1. The van der Waals surface area contributed by atoms with Crippen LogP contribution in [0.5, 0.6) is 0 Å². The van der Waals surface area contributed by atoms with Crippen LogP contribution in [-0.4, -0.2) is 34.4 Å². The van der Waals surface area contributed by atoms with Gasteiger partial charge in [0.05, 0.1) is 10.7 Å². The zero-order chi connectivity index (χ0) is 11.8. The van der Waals surface area contributed by atoms with Gasteiger partial charge in [0.1, 0.15) is 0 Å². The number of hydrogen-bond acceptors (Lipinski definition) is 2. The molecule has 0 saturated carbocycles. The number of rotatable bonds is 2. The third kappa shape index (κ3) is 2.17. The summed E-state index contributed by atoms with van der Waals surface area (Å²) in [5.41, 5.74) is 2.02. The average molecular weight is 250 g/mol. The van der Waals surface area contributed by atoms with Crippen molar-refractivity contribution in [2.45, 2.75) is 12.8 Å². The van der Waals surface area contributed by atoms with Crippen LogP contribution in [0.1, 0.15) is 12.1 Å². The number of fused-ring (bicyclic) bond motifs is 1. The van der Waals surface area contributed by atoms with Gasteiger partial charge in [-0.25, -0.2) is 4.98 Å². The van der Waals surface area contributed by atoms with Gasteiger partial charge < -0.3 is 9.30 Å². The second-order valence-corrected chi connectivity index (χ2v) is 5.35. The quantitative estimate of drug-likeness (QED) is 0.815. The van der Waals surface area contributed by atoms with E-state index in [1.54, 1.807) is 0 Å². The summed E-state index contributed by atoms with van der Waals surface area (Å²) >= 11 is 6.12. The van der Waals surface area contributed by atoms with E-state index in [-0.39, 0.29) is 0 Å². The van der Waals surface area contributed by atoms with E-state index in [9.17, 15) is 0 Å². The van der Waals surface area contributed by atoms with Gasteiger partial charge in [-0.05, 0) is 44.5 Å². The Labute approximate surface area is 106 Å². The van der Waals surface area contributed by atoms with Crippen LogP contribution < -0.4 is 0 Å². The molecule has 4 heteroatoms. The van der Waals surface area contributed by atoms with E-state index >= 15 is 0 Å². The van der Waals surface area contributed by atoms with E-state index in [0.29, 0.717) is 0 Å². The van der Waals surface area contributed by atoms with Gasteiger partial charge in [-0.2, -0.15) is 0 Å². The van der Waals surface area contributed by atoms with Crippen LogP contribution in [0.2, 0.25) is 5.02 Å². The van der Waals surface area contributed by atoms with Gasteiger partial charge in [-0.3, -0.25) is 0 Å². The third-order valence-electron chi connectivity index (χ3n) is 3.47. The van der Waals surface area contributed by atoms with Gasteiger partial charge in [0.15, 0.2) is 5.65 Å². The molecule has 3 nitrogen and oxygen atoms in total. The predicted molar refractivity (Wildman–Crippen MR) is 69.5 cm³/mol. The Bertz CT molecular complexity index is 534. The smallest absolute Gasteiger partial charge is 0.155 e. The highest BCUT2D eigenvalue weighted by Gasteiger charge is 2.20. The third-order valence-corrected chi connectivity index (χ3v) is 3.77. The van der Waals surface area contributed by atoms with Crippen molar-refractivity contribution in [3.05, 3.63) is 35.2 Å². The molecule has 3 heterocycles. The second kappa shape index (κ2) is 4.31. The molecule has 1 atom stereocenters. The van der Waals surface area contributed by atoms with Crippen molar-refractivity contribution in [3.63, 3.8) is 0 Å². The molecular weight excluding hydrogens is 234 g/mol. The number of hydrogen-bond donors (Lipinski definition) is 0. The Balaban J connectivity index is 1.84. The van der Waals surface area contributed by atoms with Gasteiger partial charge in [0.2, 0.25) is 0 Å². The zero-order valence-electron chi connectivity index (χ0n) is 9.93. The van der Waals surface area contributed by atoms with Gasteiger partial charge in [-0.1, -0.05) is 11.6 Å². The van der Waals surface area contributed by atoms with Gasteiger partial charge >= 0.3 is 0 Å². The van der Waals surface area contributed by atoms with Crippen molar-refractivity contribution >= 4 is 17.2 Å². The molecule has 0 N–H and O–H groups in total. The Morgan fingerprint density at radius 1 is 1.53 bits per heavy atom. The minimum Gasteiger partial charge on any atom is -0.306 e. The molecule has 0 bridgehead atoms. The van der Waals surface area contributed by atoms with E-state index in [2.05, 4.69) is 23.1 Å². The number of nitrogens with zero attached hydrogens (tertiary/aromatic N) is 3. The molecule has 0 spiro atoms. The Morgan fingerprint density at radius 2 is 2.41 bits per heavy atom. The van der Waals surface area contributed by atoms with E-state index in [1.165, 1.54) is 19.5 Å². The molecule has 1 unspecified atom stereocenters. The fourth-order valence-corrected chi connectivity index (χ4v) is 2.83. The number of halogens is 1. The topological polar surface area (TPSA) is 20.5 Å². The van der Waals surface area contributed by atoms with Crippen molar-refractivity contribution in [1.82, 2.24) is 14.3 Å². The van der Waals surface area contributed by atoms with Crippen LogP contribution >= 0.6 is 11.6 Å². The van der Waals surface area contributed by atoms with Crippen LogP contribution in [-0.2, 0) is 6.42 Å². The first-order valence-corrected chi connectivity index (χ1v) is 6.41. The van der Waals surface area contributed by atoms with E-state index in [1.807, 2.05) is 22.7 Å². The highest BCUT2D eigenvalue weighted by atomic mass is 35.5. The molecular formula is C13H16ClN3. The number of likely N-dealkylation sites (tertiary alicyclic amines) is 1. The molecule has 0 aromatic carbocycles. The maximum Gasteiger partial charge on any atom is 0.155 e. The molecule has 0 amide bonds. The summed E-state index contributed by atoms with van der Waals surface area (Å²) in [4.78, 5) is 7.00. The Kier molecular flexibility index (Phi) is 2.81. The molecule has 0 aliphatic carbocycles. The minimum absolute atomic E-state index is 0.724. The fourth-order valence-electron chi connectivity index (χ4n) is 2.62. The summed E-state index contributed by atoms with van der Waals surface area (Å²) in [6, 6.07) is 3.83. The first kappa shape index (κ1) is 11.1. The number of pyridine rings is 1. The van der Waals surface area contributed by atoms with Crippen molar-refractivity contribution in [2.24, 2.45) is 5.92 Å². The second-order valence-electron chi connectivity index (χ2n) is 4.94. The van der Waals surface area contributed by atoms with Crippen molar-refractivity contribution in [2.75, 3.05) is 20.1 Å². The van der Waals surface area contributed by atoms with Crippen LogP contribution in [0.15, 0.2) is 24.5 Å². The lowest BCUT2D eigenvalue weighted by molar-refractivity contribution is 0.394. The van der Waals surface area contributed by atoms with Crippen LogP contribution in [0.3, 0.4) is 0 Å². The van der Waals surface area contributed by atoms with E-state index in [4.69, 9.17) is 11.6 Å². The Morgan fingerprint density at radius 3 is 3.12 bits per heavy atom. The highest BCUT2D eigenvalue weighted by molar-refractivity contribution is 6.33. The summed E-state index contributed by atoms with van der Waals surface area (Å²) in [6.45, 7) is 2.39. The van der Waals surface area contributed by atoms with Crippen LogP contribution in [0, 0.1) is 5.92 Å². The maximum atomic E-state index is 6.12. The molecule has 1 aliphatic heterocycles. The van der Waals surface area contributed by atoms with Gasteiger partial charge in [0, 0.05) is 18.9 Å². The molecule has 17 heavy (non-hydrogen) atoms.